The van der Waals surface area contributed by atoms with Crippen molar-refractivity contribution in [2.75, 3.05) is 18.4 Å². The van der Waals surface area contributed by atoms with Gasteiger partial charge in [0.2, 0.25) is 5.91 Å². The van der Waals surface area contributed by atoms with Gasteiger partial charge >= 0.3 is 6.09 Å². The normalized spacial score (nSPS) is 17.7. The molecule has 2 aliphatic rings. The zero-order valence-electron chi connectivity index (χ0n) is 18.9. The molecule has 1 atom stereocenters. The molecule has 1 aliphatic heterocycles. The van der Waals surface area contributed by atoms with Crippen LogP contribution in [0.15, 0.2) is 36.4 Å². The maximum absolute atomic E-state index is 12.9. The number of nitrogens with zero attached hydrogens (tertiary/aromatic N) is 3. The zero-order chi connectivity index (χ0) is 23.7. The van der Waals surface area contributed by atoms with E-state index in [0.717, 1.165) is 44.2 Å². The first kappa shape index (κ1) is 25.0. The summed E-state index contributed by atoms with van der Waals surface area (Å²) in [4.78, 5) is 25.8. The van der Waals surface area contributed by atoms with Crippen LogP contribution in [0.3, 0.4) is 0 Å². The molecule has 1 amide bonds. The Morgan fingerprint density at radius 3 is 2.69 bits per heavy atom. The van der Waals surface area contributed by atoms with Crippen LogP contribution in [0.25, 0.3) is 22.0 Å². The molecule has 1 saturated heterocycles. The molecule has 3 aromatic rings. The second kappa shape index (κ2) is 10.6. The molecule has 0 spiro atoms. The fourth-order valence-corrected chi connectivity index (χ4v) is 4.54. The Morgan fingerprint density at radius 2 is 2.00 bits per heavy atom. The third-order valence-corrected chi connectivity index (χ3v) is 6.82. The van der Waals surface area contributed by atoms with Crippen molar-refractivity contribution >= 4 is 52.7 Å². The molecule has 182 valence electrons. The van der Waals surface area contributed by atoms with Gasteiger partial charge in [-0.3, -0.25) is 4.79 Å². The monoisotopic (exact) mass is 513 g/mol. The highest BCUT2D eigenvalue weighted by Crippen LogP contribution is 2.34. The fraction of sp³-hybridized carbons (Fsp3) is 0.360. The summed E-state index contributed by atoms with van der Waals surface area (Å²) in [6, 6.07) is 12.6. The summed E-state index contributed by atoms with van der Waals surface area (Å²) in [5, 5.41) is 21.0. The molecule has 5 rings (SSSR count). The first-order valence-corrected chi connectivity index (χ1v) is 11.9. The molecule has 35 heavy (non-hydrogen) atoms. The Bertz CT molecular complexity index is 1310. The second-order valence-corrected chi connectivity index (χ2v) is 9.18. The predicted octanol–water partition coefficient (Wildman–Crippen LogP) is 5.13. The van der Waals surface area contributed by atoms with E-state index >= 15 is 0 Å². The third kappa shape index (κ3) is 5.13. The number of aromatic nitrogens is 2. The summed E-state index contributed by atoms with van der Waals surface area (Å²) in [5.74, 6) is -0.00705. The van der Waals surface area contributed by atoms with Crippen molar-refractivity contribution in [2.45, 2.75) is 38.2 Å². The minimum atomic E-state index is -0.563. The van der Waals surface area contributed by atoms with E-state index in [0.29, 0.717) is 39.4 Å². The van der Waals surface area contributed by atoms with Gasteiger partial charge in [-0.05, 0) is 74.5 Å². The van der Waals surface area contributed by atoms with Crippen LogP contribution in [0.5, 0.6) is 0 Å². The number of rotatable bonds is 4. The first-order chi connectivity index (χ1) is 16.5. The van der Waals surface area contributed by atoms with Gasteiger partial charge in [0.15, 0.2) is 5.82 Å². The number of ether oxygens (including phenoxy) is 1. The molecule has 2 N–H and O–H groups in total. The van der Waals surface area contributed by atoms with Crippen molar-refractivity contribution in [1.29, 1.82) is 5.26 Å². The Balaban J connectivity index is 0.00000289. The molecule has 0 radical (unpaired) electrons. The van der Waals surface area contributed by atoms with Crippen LogP contribution in [-0.4, -0.2) is 41.0 Å². The van der Waals surface area contributed by atoms with Crippen LogP contribution in [-0.2, 0) is 9.53 Å². The maximum atomic E-state index is 12.9. The Morgan fingerprint density at radius 1 is 1.17 bits per heavy atom. The van der Waals surface area contributed by atoms with Gasteiger partial charge in [0, 0.05) is 22.5 Å². The van der Waals surface area contributed by atoms with Crippen LogP contribution in [0.1, 0.15) is 37.7 Å². The molecule has 2 heterocycles. The van der Waals surface area contributed by atoms with Gasteiger partial charge in [-0.25, -0.2) is 4.79 Å². The number of benzene rings is 2. The van der Waals surface area contributed by atoms with Gasteiger partial charge in [-0.15, -0.1) is 17.5 Å². The zero-order valence-corrected chi connectivity index (χ0v) is 20.5. The Labute approximate surface area is 214 Å². The fourth-order valence-electron chi connectivity index (χ4n) is 4.31. The molecular weight excluding hydrogens is 489 g/mol. The lowest BCUT2D eigenvalue weighted by atomic mass is 9.96. The third-order valence-electron chi connectivity index (χ3n) is 6.49. The number of halogens is 2. The molecule has 10 heteroatoms. The number of hydrogen-bond donors (Lipinski definition) is 2. The molecule has 1 aliphatic carbocycles. The number of amides is 1. The highest BCUT2D eigenvalue weighted by molar-refractivity contribution is 6.33. The lowest BCUT2D eigenvalue weighted by Gasteiger charge is -2.24. The summed E-state index contributed by atoms with van der Waals surface area (Å²) in [6.45, 7) is 1.51. The standard InChI is InChI=1S/C25H24ClN5O3.ClH/c26-21-8-6-15(13-27)11-19(21)16-7-9-22-20(12-16)23(29-24(32)17-3-2-10-28-14-17)30-31(22)25(33)34-18-4-1-5-18;/h6-9,11-12,17-18,28H,1-5,10,14H2,(H,29,30,32);1H/t17-;/m1./s1. The van der Waals surface area contributed by atoms with Gasteiger partial charge in [0.1, 0.15) is 6.10 Å². The van der Waals surface area contributed by atoms with Crippen LogP contribution in [0.4, 0.5) is 10.6 Å². The first-order valence-electron chi connectivity index (χ1n) is 11.5. The van der Waals surface area contributed by atoms with Crippen LogP contribution < -0.4 is 10.6 Å². The Kier molecular flexibility index (Phi) is 7.60. The highest BCUT2D eigenvalue weighted by Gasteiger charge is 2.27. The van der Waals surface area contributed by atoms with Gasteiger partial charge in [0.05, 0.1) is 23.1 Å². The van der Waals surface area contributed by atoms with Crippen molar-refractivity contribution < 1.29 is 14.3 Å². The quantitative estimate of drug-likeness (QED) is 0.500. The second-order valence-electron chi connectivity index (χ2n) is 8.77. The van der Waals surface area contributed by atoms with E-state index < -0.39 is 6.09 Å². The molecule has 2 aromatic carbocycles. The molecule has 0 unspecified atom stereocenters. The summed E-state index contributed by atoms with van der Waals surface area (Å²) < 4.78 is 6.77. The SMILES string of the molecule is Cl.N#Cc1ccc(Cl)c(-c2ccc3c(c2)c(NC(=O)[C@@H]2CCCNC2)nn3C(=O)OC2CCC2)c1. The average molecular weight is 514 g/mol. The topological polar surface area (TPSA) is 109 Å². The van der Waals surface area contributed by atoms with Crippen molar-refractivity contribution in [3.8, 4) is 17.2 Å². The van der Waals surface area contributed by atoms with Gasteiger partial charge in [0.25, 0.3) is 0 Å². The lowest BCUT2D eigenvalue weighted by molar-refractivity contribution is -0.120. The van der Waals surface area contributed by atoms with E-state index in [1.807, 2.05) is 12.1 Å². The molecule has 0 bridgehead atoms. The summed E-state index contributed by atoms with van der Waals surface area (Å²) in [6.07, 6.45) is 3.81. The van der Waals surface area contributed by atoms with Crippen molar-refractivity contribution in [3.63, 3.8) is 0 Å². The number of anilines is 1. The largest absolute Gasteiger partial charge is 0.445 e. The molecule has 1 saturated carbocycles. The summed E-state index contributed by atoms with van der Waals surface area (Å²) in [7, 11) is 0. The van der Waals surface area contributed by atoms with Crippen molar-refractivity contribution in [2.24, 2.45) is 5.92 Å². The number of nitrogens with one attached hydrogen (secondary N) is 2. The van der Waals surface area contributed by atoms with E-state index in [9.17, 15) is 14.9 Å². The number of carbonyl (C=O) groups excluding carboxylic acids is 2. The van der Waals surface area contributed by atoms with E-state index in [4.69, 9.17) is 16.3 Å². The highest BCUT2D eigenvalue weighted by atomic mass is 35.5. The maximum Gasteiger partial charge on any atom is 0.435 e. The minimum absolute atomic E-state index is 0. The molecular formula is C25H25Cl2N5O3. The van der Waals surface area contributed by atoms with Crippen molar-refractivity contribution in [3.05, 3.63) is 47.0 Å². The number of piperidine rings is 1. The van der Waals surface area contributed by atoms with Crippen molar-refractivity contribution in [1.82, 2.24) is 15.1 Å². The minimum Gasteiger partial charge on any atom is -0.445 e. The van der Waals surface area contributed by atoms with Crippen LogP contribution in [0, 0.1) is 17.2 Å². The van der Waals surface area contributed by atoms with E-state index in [-0.39, 0.29) is 30.3 Å². The number of carbonyl (C=O) groups is 2. The summed E-state index contributed by atoms with van der Waals surface area (Å²) >= 11 is 6.42. The van der Waals surface area contributed by atoms with Crippen LogP contribution in [0.2, 0.25) is 5.02 Å². The summed E-state index contributed by atoms with van der Waals surface area (Å²) in [5.41, 5.74) is 2.44. The van der Waals surface area contributed by atoms with Gasteiger partial charge < -0.3 is 15.4 Å². The van der Waals surface area contributed by atoms with Gasteiger partial charge in [-0.2, -0.15) is 9.94 Å². The Hall–Kier alpha value is -3.12. The molecule has 8 nitrogen and oxygen atoms in total. The smallest absolute Gasteiger partial charge is 0.435 e. The molecule has 2 fully saturated rings. The number of hydrogen-bond acceptors (Lipinski definition) is 6. The number of nitriles is 1. The van der Waals surface area contributed by atoms with E-state index in [1.54, 1.807) is 24.3 Å². The lowest BCUT2D eigenvalue weighted by Crippen LogP contribution is -2.37. The van der Waals surface area contributed by atoms with Crippen LogP contribution >= 0.6 is 24.0 Å². The predicted molar refractivity (Wildman–Crippen MR) is 136 cm³/mol. The van der Waals surface area contributed by atoms with Gasteiger partial charge in [-0.1, -0.05) is 17.7 Å². The average Bonchev–Trinajstić information content (AvgIpc) is 3.19. The number of fused-ring (bicyclic) bond motifs is 1. The molecule has 1 aromatic heterocycles. The van der Waals surface area contributed by atoms with E-state index in [1.165, 1.54) is 4.68 Å². The van der Waals surface area contributed by atoms with E-state index in [2.05, 4.69) is 21.8 Å².